The summed E-state index contributed by atoms with van der Waals surface area (Å²) in [6.45, 7) is 3.41. The molecule has 200 valence electrons. The van der Waals surface area contributed by atoms with Gasteiger partial charge in [-0.3, -0.25) is 19.2 Å². The Labute approximate surface area is 217 Å². The van der Waals surface area contributed by atoms with E-state index in [4.69, 9.17) is 5.73 Å². The molecule has 14 heteroatoms. The fourth-order valence-electron chi connectivity index (χ4n) is 4.49. The number of urea groups is 1. The van der Waals surface area contributed by atoms with Gasteiger partial charge >= 0.3 is 12.0 Å². The predicted molar refractivity (Wildman–Crippen MR) is 133 cm³/mol. The van der Waals surface area contributed by atoms with Crippen LogP contribution in [0.3, 0.4) is 0 Å². The van der Waals surface area contributed by atoms with Crippen LogP contribution in [-0.2, 0) is 24.0 Å². The first-order valence-corrected chi connectivity index (χ1v) is 12.3. The zero-order valence-electron chi connectivity index (χ0n) is 20.8. The van der Waals surface area contributed by atoms with Crippen LogP contribution in [0.15, 0.2) is 30.3 Å². The fraction of sp³-hybridized carbons (Fsp3) is 0.478. The van der Waals surface area contributed by atoms with Gasteiger partial charge in [-0.1, -0.05) is 30.3 Å². The van der Waals surface area contributed by atoms with E-state index in [1.165, 1.54) is 42.9 Å². The summed E-state index contributed by atoms with van der Waals surface area (Å²) in [5, 5.41) is 16.2. The van der Waals surface area contributed by atoms with Crippen LogP contribution in [0.2, 0.25) is 0 Å². The quantitative estimate of drug-likeness (QED) is 0.260. The van der Waals surface area contributed by atoms with E-state index in [0.29, 0.717) is 4.90 Å². The van der Waals surface area contributed by atoms with E-state index in [-0.39, 0.29) is 5.56 Å². The lowest BCUT2D eigenvalue weighted by atomic mass is 9.95. The van der Waals surface area contributed by atoms with Crippen LogP contribution < -0.4 is 21.7 Å². The number of nitrogens with zero attached hydrogens (tertiary/aromatic N) is 2. The fourth-order valence-corrected chi connectivity index (χ4v) is 6.12. The van der Waals surface area contributed by atoms with E-state index >= 15 is 0 Å². The van der Waals surface area contributed by atoms with E-state index in [0.717, 1.165) is 0 Å². The third-order valence-corrected chi connectivity index (χ3v) is 7.85. The van der Waals surface area contributed by atoms with Gasteiger partial charge in [-0.15, -0.1) is 11.8 Å². The highest BCUT2D eigenvalue weighted by atomic mass is 32.2. The van der Waals surface area contributed by atoms with Crippen LogP contribution in [0.25, 0.3) is 0 Å². The van der Waals surface area contributed by atoms with Gasteiger partial charge in [-0.25, -0.2) is 14.5 Å². The lowest BCUT2D eigenvalue weighted by Gasteiger charge is -2.44. The minimum absolute atomic E-state index is 0.275. The van der Waals surface area contributed by atoms with Gasteiger partial charge in [0, 0.05) is 18.8 Å². The number of hydrogen-bond donors (Lipinski definition) is 5. The lowest BCUT2D eigenvalue weighted by molar-refractivity contribution is -0.161. The maximum Gasteiger partial charge on any atom is 0.327 e. The molecule has 2 unspecified atom stereocenters. The Morgan fingerprint density at radius 1 is 1.11 bits per heavy atom. The number of aliphatic carboxylic acids is 1. The van der Waals surface area contributed by atoms with Crippen LogP contribution in [0.1, 0.15) is 31.9 Å². The van der Waals surface area contributed by atoms with E-state index in [1.54, 1.807) is 32.0 Å². The Bertz CT molecular complexity index is 1110. The number of rotatable bonds is 8. The summed E-state index contributed by atoms with van der Waals surface area (Å²) >= 11 is 1.24. The molecule has 0 radical (unpaired) electrons. The second-order valence-corrected chi connectivity index (χ2v) is 10.9. The van der Waals surface area contributed by atoms with Gasteiger partial charge in [0.05, 0.1) is 12.5 Å². The van der Waals surface area contributed by atoms with Crippen LogP contribution in [0.5, 0.6) is 0 Å². The molecule has 0 saturated carbocycles. The number of carbonyl (C=O) groups excluding carboxylic acids is 5. The van der Waals surface area contributed by atoms with Crippen molar-refractivity contribution >= 4 is 47.4 Å². The van der Waals surface area contributed by atoms with Gasteiger partial charge in [0.2, 0.25) is 23.6 Å². The van der Waals surface area contributed by atoms with Crippen LogP contribution >= 0.6 is 11.8 Å². The third kappa shape index (κ3) is 5.25. The molecule has 1 aromatic carbocycles. The molecule has 2 aliphatic heterocycles. The molecular formula is C23H30N6O7S. The number of fused-ring (bicyclic) bond motifs is 1. The van der Waals surface area contributed by atoms with Crippen molar-refractivity contribution in [3.8, 4) is 0 Å². The monoisotopic (exact) mass is 534 g/mol. The van der Waals surface area contributed by atoms with Gasteiger partial charge in [-0.2, -0.15) is 0 Å². The number of thioether (sulfide) groups is 1. The van der Waals surface area contributed by atoms with E-state index < -0.39 is 76.3 Å². The summed E-state index contributed by atoms with van der Waals surface area (Å²) in [5.74, 6) is -4.06. The number of β-lactam (4-membered cyclic amide) rings is 1. The van der Waals surface area contributed by atoms with Crippen molar-refractivity contribution < 1.29 is 33.9 Å². The van der Waals surface area contributed by atoms with Crippen molar-refractivity contribution in [1.82, 2.24) is 25.8 Å². The number of benzene rings is 1. The summed E-state index contributed by atoms with van der Waals surface area (Å²) < 4.78 is -0.801. The largest absolute Gasteiger partial charge is 0.480 e. The first-order valence-electron chi connectivity index (χ1n) is 11.4. The first-order chi connectivity index (χ1) is 17.3. The Morgan fingerprint density at radius 3 is 2.27 bits per heavy atom. The van der Waals surface area contributed by atoms with Crippen molar-refractivity contribution in [2.24, 2.45) is 5.73 Å². The summed E-state index contributed by atoms with van der Waals surface area (Å²) in [7, 11) is 2.62. The number of nitrogens with one attached hydrogen (secondary N) is 3. The average molecular weight is 535 g/mol. The molecule has 2 fully saturated rings. The van der Waals surface area contributed by atoms with Crippen LogP contribution in [0, 0.1) is 0 Å². The average Bonchev–Trinajstić information content (AvgIpc) is 3.12. The number of amides is 6. The molecule has 2 aliphatic rings. The summed E-state index contributed by atoms with van der Waals surface area (Å²) in [4.78, 5) is 78.1. The highest BCUT2D eigenvalue weighted by Gasteiger charge is 2.64. The number of carboxylic acid groups (broad SMARTS) is 1. The zero-order valence-corrected chi connectivity index (χ0v) is 21.6. The van der Waals surface area contributed by atoms with Gasteiger partial charge in [0.1, 0.15) is 23.5 Å². The molecule has 2 heterocycles. The molecule has 0 aromatic heterocycles. The second kappa shape index (κ2) is 10.8. The van der Waals surface area contributed by atoms with E-state index in [9.17, 15) is 33.9 Å². The lowest BCUT2D eigenvalue weighted by Crippen LogP contribution is -2.71. The van der Waals surface area contributed by atoms with E-state index in [2.05, 4.69) is 16.0 Å². The Hall–Kier alpha value is -3.65. The summed E-state index contributed by atoms with van der Waals surface area (Å²) in [6, 6.07) is 2.18. The molecule has 0 aliphatic carbocycles. The van der Waals surface area contributed by atoms with Crippen molar-refractivity contribution in [3.05, 3.63) is 35.9 Å². The number of imide groups is 1. The second-order valence-electron chi connectivity index (χ2n) is 9.14. The van der Waals surface area contributed by atoms with Crippen molar-refractivity contribution in [2.45, 2.75) is 54.6 Å². The smallest absolute Gasteiger partial charge is 0.327 e. The summed E-state index contributed by atoms with van der Waals surface area (Å²) in [6.07, 6.45) is -0.563. The molecule has 6 amide bonds. The number of carbonyl (C=O) groups is 6. The van der Waals surface area contributed by atoms with Crippen LogP contribution in [0.4, 0.5) is 4.79 Å². The predicted octanol–water partition coefficient (Wildman–Crippen LogP) is -1.01. The Kier molecular flexibility index (Phi) is 8.12. The molecule has 0 spiro atoms. The molecule has 37 heavy (non-hydrogen) atoms. The molecule has 2 saturated heterocycles. The minimum Gasteiger partial charge on any atom is -0.480 e. The standard InChI is InChI=1S/C23H30N6O7S/c1-23(2)16(21(34)35)29-19(33)14(20(29)37-23)27-18(32)15(11-8-6-5-7-9-11)28(22(36)26-4)13(30)10-12(24)17(31)25-3/h5-9,12,14-16,20H,10,24H2,1-4H3,(H,25,31)(H,26,36)(H,27,32)(H,34,35)/t12?,14-,15?,16+,20-/m1/s1. The number of nitrogens with two attached hydrogens (primary N) is 1. The minimum atomic E-state index is -1.50. The maximum absolute atomic E-state index is 13.6. The zero-order chi connectivity index (χ0) is 27.7. The SMILES string of the molecule is CNC(=O)C(N)CC(=O)N(C(=O)NC)C(C(=O)N[C@@H]1C(=O)N2[C@@H]1SC(C)(C)[C@@H]2C(=O)O)c1ccccc1. The maximum atomic E-state index is 13.6. The molecule has 3 rings (SSSR count). The van der Waals surface area contributed by atoms with Crippen molar-refractivity contribution in [2.75, 3.05) is 14.1 Å². The highest BCUT2D eigenvalue weighted by Crippen LogP contribution is 2.50. The van der Waals surface area contributed by atoms with E-state index in [1.807, 2.05) is 0 Å². The molecule has 6 N–H and O–H groups in total. The van der Waals surface area contributed by atoms with Crippen molar-refractivity contribution in [1.29, 1.82) is 0 Å². The first kappa shape index (κ1) is 27.9. The number of hydrogen-bond acceptors (Lipinski definition) is 8. The highest BCUT2D eigenvalue weighted by molar-refractivity contribution is 8.01. The number of likely N-dealkylation sites (N-methyl/N-ethyl adjacent to an activating group) is 1. The van der Waals surface area contributed by atoms with Crippen molar-refractivity contribution in [3.63, 3.8) is 0 Å². The van der Waals surface area contributed by atoms with Crippen LogP contribution in [-0.4, -0.2) is 92.9 Å². The van der Waals surface area contributed by atoms with Gasteiger partial charge in [0.25, 0.3) is 0 Å². The molecular weight excluding hydrogens is 504 g/mol. The van der Waals surface area contributed by atoms with Gasteiger partial charge in [-0.05, 0) is 19.4 Å². The van der Waals surface area contributed by atoms with Gasteiger partial charge < -0.3 is 31.7 Å². The summed E-state index contributed by atoms with van der Waals surface area (Å²) in [5.41, 5.74) is 6.06. The molecule has 1 aromatic rings. The molecule has 0 bridgehead atoms. The molecule has 5 atom stereocenters. The third-order valence-electron chi connectivity index (χ3n) is 6.27. The Morgan fingerprint density at radius 2 is 1.73 bits per heavy atom. The normalized spacial score (nSPS) is 23.1. The topological polar surface area (TPSA) is 191 Å². The Balaban J connectivity index is 1.92. The number of carboxylic acids is 1. The van der Waals surface area contributed by atoms with Gasteiger partial charge in [0.15, 0.2) is 0 Å². The molecule has 13 nitrogen and oxygen atoms in total.